The molecule has 1 aromatic rings. The second-order valence-electron chi connectivity index (χ2n) is 3.02. The Hall–Kier alpha value is -1.92. The Bertz CT molecular complexity index is 476. The molecule has 1 rings (SSSR count). The van der Waals surface area contributed by atoms with Gasteiger partial charge in [-0.15, -0.1) is 0 Å². The summed E-state index contributed by atoms with van der Waals surface area (Å²) in [5, 5.41) is 8.28. The highest BCUT2D eigenvalue weighted by Gasteiger charge is 2.37. The van der Waals surface area contributed by atoms with Crippen molar-refractivity contribution in [2.45, 2.75) is 6.18 Å². The van der Waals surface area contributed by atoms with Crippen LogP contribution in [-0.2, 0) is 4.79 Å². The second kappa shape index (κ2) is 4.52. The zero-order chi connectivity index (χ0) is 13.2. The van der Waals surface area contributed by atoms with Crippen molar-refractivity contribution in [3.63, 3.8) is 0 Å². The predicted molar refractivity (Wildman–Crippen MR) is 48.0 cm³/mol. The molecule has 0 unspecified atom stereocenters. The smallest absolute Gasteiger partial charge is 0.417 e. The number of halogens is 5. The molecule has 92 valence electrons. The van der Waals surface area contributed by atoms with Crippen molar-refractivity contribution in [3.05, 3.63) is 41.5 Å². The van der Waals surface area contributed by atoms with E-state index in [1.54, 1.807) is 0 Å². The molecular weight excluding hydrogens is 247 g/mol. The maximum absolute atomic E-state index is 13.1. The van der Waals surface area contributed by atoms with E-state index in [0.717, 1.165) is 0 Å². The van der Waals surface area contributed by atoms with Crippen molar-refractivity contribution in [2.24, 2.45) is 0 Å². The lowest BCUT2D eigenvalue weighted by molar-refractivity contribution is -0.131. The third-order valence-electron chi connectivity index (χ3n) is 1.79. The van der Waals surface area contributed by atoms with Gasteiger partial charge in [0.05, 0.1) is 5.57 Å². The van der Waals surface area contributed by atoms with Crippen molar-refractivity contribution < 1.29 is 31.9 Å². The standard InChI is InChI=1S/C10H5F5O2/c11-5-1-2-8(12)6(3-5)7(4-9(16)17)10(13,14)15/h1-4H,(H,16,17)/b7-4+. The van der Waals surface area contributed by atoms with Gasteiger partial charge in [-0.2, -0.15) is 13.2 Å². The fourth-order valence-electron chi connectivity index (χ4n) is 1.14. The quantitative estimate of drug-likeness (QED) is 0.649. The van der Waals surface area contributed by atoms with Crippen LogP contribution >= 0.6 is 0 Å². The fourth-order valence-corrected chi connectivity index (χ4v) is 1.14. The van der Waals surface area contributed by atoms with Crippen LogP contribution < -0.4 is 0 Å². The van der Waals surface area contributed by atoms with Crippen LogP contribution in [0.15, 0.2) is 24.3 Å². The predicted octanol–water partition coefficient (Wildman–Crippen LogP) is 3.00. The second-order valence-corrected chi connectivity index (χ2v) is 3.02. The van der Waals surface area contributed by atoms with Crippen LogP contribution in [0.4, 0.5) is 22.0 Å². The molecule has 0 aliphatic carbocycles. The summed E-state index contributed by atoms with van der Waals surface area (Å²) in [4.78, 5) is 10.2. The Kier molecular flexibility index (Phi) is 3.50. The summed E-state index contributed by atoms with van der Waals surface area (Å²) in [5.41, 5.74) is -2.89. The van der Waals surface area contributed by atoms with Crippen LogP contribution in [0.2, 0.25) is 0 Å². The fraction of sp³-hybridized carbons (Fsp3) is 0.100. The highest BCUT2D eigenvalue weighted by molar-refractivity contribution is 5.91. The Labute approximate surface area is 92.0 Å². The number of hydrogen-bond donors (Lipinski definition) is 1. The molecule has 0 spiro atoms. The third-order valence-corrected chi connectivity index (χ3v) is 1.79. The minimum Gasteiger partial charge on any atom is -0.478 e. The summed E-state index contributed by atoms with van der Waals surface area (Å²) in [6.07, 6.45) is -5.30. The number of hydrogen-bond acceptors (Lipinski definition) is 1. The molecule has 0 saturated heterocycles. The molecule has 0 heterocycles. The molecular formula is C10H5F5O2. The first-order valence-corrected chi connectivity index (χ1v) is 4.19. The van der Waals surface area contributed by atoms with Gasteiger partial charge in [0.25, 0.3) is 0 Å². The number of rotatable bonds is 2. The van der Waals surface area contributed by atoms with Gasteiger partial charge in [-0.3, -0.25) is 0 Å². The largest absolute Gasteiger partial charge is 0.478 e. The van der Waals surface area contributed by atoms with E-state index in [1.165, 1.54) is 0 Å². The summed E-state index contributed by atoms with van der Waals surface area (Å²) in [6.45, 7) is 0. The van der Waals surface area contributed by atoms with Gasteiger partial charge in [-0.1, -0.05) is 0 Å². The zero-order valence-corrected chi connectivity index (χ0v) is 8.05. The van der Waals surface area contributed by atoms with Gasteiger partial charge in [0.2, 0.25) is 0 Å². The molecule has 17 heavy (non-hydrogen) atoms. The summed E-state index contributed by atoms with van der Waals surface area (Å²) >= 11 is 0. The molecule has 0 bridgehead atoms. The topological polar surface area (TPSA) is 37.3 Å². The van der Waals surface area contributed by atoms with Gasteiger partial charge in [-0.25, -0.2) is 13.6 Å². The van der Waals surface area contributed by atoms with E-state index in [2.05, 4.69) is 0 Å². The number of carbonyl (C=O) groups is 1. The molecule has 0 aliphatic rings. The van der Waals surface area contributed by atoms with E-state index in [-0.39, 0.29) is 12.1 Å². The molecule has 0 saturated carbocycles. The van der Waals surface area contributed by atoms with Crippen molar-refractivity contribution in [1.82, 2.24) is 0 Å². The molecule has 0 radical (unpaired) electrons. The summed E-state index contributed by atoms with van der Waals surface area (Å²) < 4.78 is 63.2. The van der Waals surface area contributed by atoms with Crippen LogP contribution in [0.25, 0.3) is 5.57 Å². The highest BCUT2D eigenvalue weighted by Crippen LogP contribution is 2.35. The first-order valence-electron chi connectivity index (χ1n) is 4.19. The Morgan fingerprint density at radius 1 is 1.24 bits per heavy atom. The molecule has 0 atom stereocenters. The molecule has 1 N–H and O–H groups in total. The molecule has 2 nitrogen and oxygen atoms in total. The number of carboxylic acids is 1. The van der Waals surface area contributed by atoms with Crippen molar-refractivity contribution in [2.75, 3.05) is 0 Å². The van der Waals surface area contributed by atoms with E-state index < -0.39 is 34.9 Å². The molecule has 0 aliphatic heterocycles. The van der Waals surface area contributed by atoms with Crippen LogP contribution in [0.1, 0.15) is 5.56 Å². The molecule has 0 fully saturated rings. The zero-order valence-electron chi connectivity index (χ0n) is 8.05. The van der Waals surface area contributed by atoms with Crippen LogP contribution in [0, 0.1) is 11.6 Å². The van der Waals surface area contributed by atoms with Crippen molar-refractivity contribution in [1.29, 1.82) is 0 Å². The first-order chi connectivity index (χ1) is 7.71. The molecule has 7 heteroatoms. The Morgan fingerprint density at radius 2 is 1.82 bits per heavy atom. The van der Waals surface area contributed by atoms with E-state index in [0.29, 0.717) is 12.1 Å². The maximum atomic E-state index is 13.1. The molecule has 0 aromatic heterocycles. The highest BCUT2D eigenvalue weighted by atomic mass is 19.4. The van der Waals surface area contributed by atoms with E-state index in [9.17, 15) is 26.7 Å². The monoisotopic (exact) mass is 252 g/mol. The lowest BCUT2D eigenvalue weighted by Gasteiger charge is -2.12. The number of alkyl halides is 3. The summed E-state index contributed by atoms with van der Waals surface area (Å²) in [5.74, 6) is -4.35. The Balaban J connectivity index is 3.43. The normalized spacial score (nSPS) is 12.6. The van der Waals surface area contributed by atoms with Crippen LogP contribution in [0.3, 0.4) is 0 Å². The van der Waals surface area contributed by atoms with Gasteiger partial charge in [0.1, 0.15) is 11.6 Å². The number of benzene rings is 1. The van der Waals surface area contributed by atoms with Crippen LogP contribution in [-0.4, -0.2) is 17.3 Å². The average molecular weight is 252 g/mol. The number of allylic oxidation sites excluding steroid dienone is 1. The summed E-state index contributed by atoms with van der Waals surface area (Å²) in [6, 6.07) is 1.41. The Morgan fingerprint density at radius 3 is 2.29 bits per heavy atom. The van der Waals surface area contributed by atoms with Crippen molar-refractivity contribution in [3.8, 4) is 0 Å². The minimum atomic E-state index is -5.09. The minimum absolute atomic E-state index is 0.210. The van der Waals surface area contributed by atoms with Crippen LogP contribution in [0.5, 0.6) is 0 Å². The third kappa shape index (κ3) is 3.27. The summed E-state index contributed by atoms with van der Waals surface area (Å²) in [7, 11) is 0. The lowest BCUT2D eigenvalue weighted by atomic mass is 10.0. The SMILES string of the molecule is O=C(O)/C=C(\c1cc(F)ccc1F)C(F)(F)F. The number of aliphatic carboxylic acids is 1. The van der Waals surface area contributed by atoms with E-state index >= 15 is 0 Å². The average Bonchev–Trinajstić information content (AvgIpc) is 2.16. The maximum Gasteiger partial charge on any atom is 0.417 e. The van der Waals surface area contributed by atoms with Gasteiger partial charge in [0, 0.05) is 11.6 Å². The van der Waals surface area contributed by atoms with Crippen molar-refractivity contribution >= 4 is 11.5 Å². The first kappa shape index (κ1) is 13.1. The lowest BCUT2D eigenvalue weighted by Crippen LogP contribution is -2.14. The van der Waals surface area contributed by atoms with Gasteiger partial charge >= 0.3 is 12.1 Å². The van der Waals surface area contributed by atoms with Gasteiger partial charge in [0.15, 0.2) is 0 Å². The van der Waals surface area contributed by atoms with Gasteiger partial charge < -0.3 is 5.11 Å². The van der Waals surface area contributed by atoms with E-state index in [1.807, 2.05) is 0 Å². The van der Waals surface area contributed by atoms with E-state index in [4.69, 9.17) is 5.11 Å². The number of carboxylic acid groups (broad SMARTS) is 1. The van der Waals surface area contributed by atoms with Gasteiger partial charge in [-0.05, 0) is 18.2 Å². The molecule has 1 aromatic carbocycles. The molecule has 0 amide bonds.